The number of carbonyl (C=O) groups excluding carboxylic acids is 2. The summed E-state index contributed by atoms with van der Waals surface area (Å²) in [5, 5.41) is 2.79. The molecule has 0 radical (unpaired) electrons. The average molecular weight is 291 g/mol. The number of carbonyl (C=O) groups is 2. The van der Waals surface area contributed by atoms with Crippen molar-refractivity contribution in [1.82, 2.24) is 5.32 Å². The van der Waals surface area contributed by atoms with Gasteiger partial charge < -0.3 is 14.8 Å². The molecule has 0 aliphatic carbocycles. The Balaban J connectivity index is 2.00. The van der Waals surface area contributed by atoms with Crippen molar-refractivity contribution in [3.63, 3.8) is 0 Å². The molecule has 1 amide bonds. The van der Waals surface area contributed by atoms with Crippen molar-refractivity contribution < 1.29 is 19.1 Å². The van der Waals surface area contributed by atoms with Crippen LogP contribution >= 0.6 is 0 Å². The van der Waals surface area contributed by atoms with Crippen LogP contribution in [0.2, 0.25) is 0 Å². The molecular weight excluding hydrogens is 270 g/mol. The van der Waals surface area contributed by atoms with Gasteiger partial charge in [-0.3, -0.25) is 4.79 Å². The third-order valence-corrected chi connectivity index (χ3v) is 3.23. The van der Waals surface area contributed by atoms with Gasteiger partial charge in [0.05, 0.1) is 6.61 Å². The van der Waals surface area contributed by atoms with E-state index in [1.54, 1.807) is 12.1 Å². The van der Waals surface area contributed by atoms with Gasteiger partial charge in [0.2, 0.25) is 0 Å². The standard InChI is InChI=1S/C16H21NO4/c1-16(2,3)21-15(19)17-9-12-6-7-20-14-8-11(10-18)4-5-13(12)14/h4-5,8,10,12H,6-7,9H2,1-3H3,(H,17,19). The minimum Gasteiger partial charge on any atom is -0.493 e. The van der Waals surface area contributed by atoms with Crippen molar-refractivity contribution in [3.8, 4) is 5.75 Å². The number of ether oxygens (including phenoxy) is 2. The van der Waals surface area contributed by atoms with Crippen LogP contribution in [0.3, 0.4) is 0 Å². The van der Waals surface area contributed by atoms with E-state index in [1.165, 1.54) is 0 Å². The molecule has 1 N–H and O–H groups in total. The van der Waals surface area contributed by atoms with Crippen LogP contribution < -0.4 is 10.1 Å². The highest BCUT2D eigenvalue weighted by Crippen LogP contribution is 2.33. The molecule has 2 rings (SSSR count). The molecule has 0 bridgehead atoms. The molecule has 5 nitrogen and oxygen atoms in total. The van der Waals surface area contributed by atoms with Gasteiger partial charge in [0.15, 0.2) is 0 Å². The van der Waals surface area contributed by atoms with Gasteiger partial charge in [0.25, 0.3) is 0 Å². The number of nitrogens with one attached hydrogen (secondary N) is 1. The molecule has 1 aliphatic heterocycles. The van der Waals surface area contributed by atoms with Crippen LogP contribution in [0, 0.1) is 0 Å². The number of alkyl carbamates (subject to hydrolysis) is 1. The molecule has 0 spiro atoms. The average Bonchev–Trinajstić information content (AvgIpc) is 2.42. The topological polar surface area (TPSA) is 64.6 Å². The second kappa shape index (κ2) is 6.16. The molecule has 0 fully saturated rings. The third-order valence-electron chi connectivity index (χ3n) is 3.23. The zero-order chi connectivity index (χ0) is 15.5. The molecule has 1 heterocycles. The first kappa shape index (κ1) is 15.4. The van der Waals surface area contributed by atoms with Crippen molar-refractivity contribution in [2.75, 3.05) is 13.2 Å². The normalized spacial score (nSPS) is 17.4. The summed E-state index contributed by atoms with van der Waals surface area (Å²) in [6.45, 7) is 6.56. The van der Waals surface area contributed by atoms with Crippen LogP contribution in [-0.4, -0.2) is 31.1 Å². The van der Waals surface area contributed by atoms with Crippen molar-refractivity contribution in [1.29, 1.82) is 0 Å². The second-order valence-corrected chi connectivity index (χ2v) is 6.13. The zero-order valence-electron chi connectivity index (χ0n) is 12.6. The fraction of sp³-hybridized carbons (Fsp3) is 0.500. The maximum absolute atomic E-state index is 11.7. The lowest BCUT2D eigenvalue weighted by Gasteiger charge is -2.27. The molecule has 0 aromatic heterocycles. The second-order valence-electron chi connectivity index (χ2n) is 6.13. The van der Waals surface area contributed by atoms with Gasteiger partial charge in [-0.25, -0.2) is 4.79 Å². The molecule has 21 heavy (non-hydrogen) atoms. The largest absolute Gasteiger partial charge is 0.493 e. The molecular formula is C16H21NO4. The van der Waals surface area contributed by atoms with E-state index in [0.29, 0.717) is 18.7 Å². The Morgan fingerprint density at radius 3 is 2.90 bits per heavy atom. The van der Waals surface area contributed by atoms with Gasteiger partial charge in [0, 0.05) is 18.0 Å². The van der Waals surface area contributed by atoms with Gasteiger partial charge in [-0.1, -0.05) is 12.1 Å². The molecule has 5 heteroatoms. The van der Waals surface area contributed by atoms with Crippen LogP contribution in [0.25, 0.3) is 0 Å². The maximum atomic E-state index is 11.7. The first-order valence-electron chi connectivity index (χ1n) is 7.08. The van der Waals surface area contributed by atoms with Gasteiger partial charge in [0.1, 0.15) is 17.6 Å². The van der Waals surface area contributed by atoms with Crippen molar-refractivity contribution in [2.24, 2.45) is 0 Å². The third kappa shape index (κ3) is 4.21. The van der Waals surface area contributed by atoms with E-state index >= 15 is 0 Å². The van der Waals surface area contributed by atoms with E-state index in [0.717, 1.165) is 24.0 Å². The van der Waals surface area contributed by atoms with E-state index in [-0.39, 0.29) is 5.92 Å². The van der Waals surface area contributed by atoms with Crippen molar-refractivity contribution in [2.45, 2.75) is 38.7 Å². The predicted octanol–water partition coefficient (Wildman–Crippen LogP) is 2.89. The lowest BCUT2D eigenvalue weighted by molar-refractivity contribution is 0.0521. The number of fused-ring (bicyclic) bond motifs is 1. The summed E-state index contributed by atoms with van der Waals surface area (Å²) in [6, 6.07) is 5.39. The molecule has 1 aromatic rings. The minimum absolute atomic E-state index is 0.168. The summed E-state index contributed by atoms with van der Waals surface area (Å²) in [5.41, 5.74) is 1.11. The van der Waals surface area contributed by atoms with Crippen LogP contribution in [0.5, 0.6) is 5.75 Å². The number of rotatable bonds is 3. The fourth-order valence-corrected chi connectivity index (χ4v) is 2.29. The highest BCUT2D eigenvalue weighted by Gasteiger charge is 2.23. The summed E-state index contributed by atoms with van der Waals surface area (Å²) < 4.78 is 10.8. The highest BCUT2D eigenvalue weighted by molar-refractivity contribution is 5.76. The Morgan fingerprint density at radius 2 is 2.24 bits per heavy atom. The SMILES string of the molecule is CC(C)(C)OC(=O)NCC1CCOc2cc(C=O)ccc21. The molecule has 1 aliphatic rings. The van der Waals surface area contributed by atoms with E-state index in [2.05, 4.69) is 5.32 Å². The van der Waals surface area contributed by atoms with Crippen LogP contribution in [0.4, 0.5) is 4.79 Å². The van der Waals surface area contributed by atoms with E-state index in [9.17, 15) is 9.59 Å². The summed E-state index contributed by atoms with van der Waals surface area (Å²) >= 11 is 0. The monoisotopic (exact) mass is 291 g/mol. The van der Waals surface area contributed by atoms with E-state index in [4.69, 9.17) is 9.47 Å². The Bertz CT molecular complexity index is 534. The highest BCUT2D eigenvalue weighted by atomic mass is 16.6. The van der Waals surface area contributed by atoms with Gasteiger partial charge in [-0.05, 0) is 38.8 Å². The summed E-state index contributed by atoms with van der Waals surface area (Å²) in [6.07, 6.45) is 1.20. The Kier molecular flexibility index (Phi) is 4.50. The van der Waals surface area contributed by atoms with Gasteiger partial charge in [-0.2, -0.15) is 0 Å². The lowest BCUT2D eigenvalue weighted by atomic mass is 9.92. The Labute approximate surface area is 124 Å². The summed E-state index contributed by atoms with van der Waals surface area (Å²) in [7, 11) is 0. The van der Waals surface area contributed by atoms with Crippen LogP contribution in [0.1, 0.15) is 49.0 Å². The smallest absolute Gasteiger partial charge is 0.407 e. The first-order valence-corrected chi connectivity index (χ1v) is 7.08. The number of benzene rings is 1. The van der Waals surface area contributed by atoms with E-state index < -0.39 is 11.7 Å². The first-order chi connectivity index (χ1) is 9.89. The van der Waals surface area contributed by atoms with Gasteiger partial charge in [-0.15, -0.1) is 0 Å². The summed E-state index contributed by atoms with van der Waals surface area (Å²) in [4.78, 5) is 22.5. The van der Waals surface area contributed by atoms with Crippen molar-refractivity contribution in [3.05, 3.63) is 29.3 Å². The van der Waals surface area contributed by atoms with E-state index in [1.807, 2.05) is 26.8 Å². The quantitative estimate of drug-likeness (QED) is 0.870. The molecule has 114 valence electrons. The molecule has 0 saturated carbocycles. The predicted molar refractivity (Wildman–Crippen MR) is 78.9 cm³/mol. The Morgan fingerprint density at radius 1 is 1.48 bits per heavy atom. The van der Waals surface area contributed by atoms with Crippen molar-refractivity contribution >= 4 is 12.4 Å². The number of aldehydes is 1. The molecule has 1 unspecified atom stereocenters. The fourth-order valence-electron chi connectivity index (χ4n) is 2.29. The summed E-state index contributed by atoms with van der Waals surface area (Å²) in [5.74, 6) is 0.892. The lowest BCUT2D eigenvalue weighted by Crippen LogP contribution is -2.35. The number of hydrogen-bond acceptors (Lipinski definition) is 4. The van der Waals surface area contributed by atoms with Gasteiger partial charge >= 0.3 is 6.09 Å². The van der Waals surface area contributed by atoms with Crippen LogP contribution in [0.15, 0.2) is 18.2 Å². The minimum atomic E-state index is -0.503. The Hall–Kier alpha value is -2.04. The number of hydrogen-bond donors (Lipinski definition) is 1. The molecule has 1 aromatic carbocycles. The number of amides is 1. The molecule has 0 saturated heterocycles. The van der Waals surface area contributed by atoms with Crippen LogP contribution in [-0.2, 0) is 4.74 Å². The zero-order valence-corrected chi connectivity index (χ0v) is 12.6. The molecule has 1 atom stereocenters. The maximum Gasteiger partial charge on any atom is 0.407 e.